The average molecular weight is 368 g/mol. The SMILES string of the molecule is CS(=O)(=O)N(CC(=O)NC1CCCCC1)c1ccc2c(c1)OCCO2. The van der Waals surface area contributed by atoms with Gasteiger partial charge in [-0.05, 0) is 25.0 Å². The molecule has 1 saturated carbocycles. The van der Waals surface area contributed by atoms with Crippen molar-refractivity contribution in [2.24, 2.45) is 0 Å². The van der Waals surface area contributed by atoms with E-state index >= 15 is 0 Å². The number of sulfonamides is 1. The van der Waals surface area contributed by atoms with E-state index in [0.29, 0.717) is 30.4 Å². The van der Waals surface area contributed by atoms with Crippen LogP contribution >= 0.6 is 0 Å². The van der Waals surface area contributed by atoms with Crippen molar-refractivity contribution >= 4 is 21.6 Å². The van der Waals surface area contributed by atoms with E-state index < -0.39 is 10.0 Å². The summed E-state index contributed by atoms with van der Waals surface area (Å²) < 4.78 is 36.5. The molecule has 0 bridgehead atoms. The van der Waals surface area contributed by atoms with Crippen molar-refractivity contribution in [3.63, 3.8) is 0 Å². The minimum Gasteiger partial charge on any atom is -0.486 e. The van der Waals surface area contributed by atoms with E-state index in [4.69, 9.17) is 9.47 Å². The van der Waals surface area contributed by atoms with E-state index in [2.05, 4.69) is 5.32 Å². The number of anilines is 1. The molecule has 3 rings (SSSR count). The van der Waals surface area contributed by atoms with Crippen LogP contribution in [0, 0.1) is 0 Å². The number of amides is 1. The van der Waals surface area contributed by atoms with Crippen molar-refractivity contribution in [3.8, 4) is 11.5 Å². The molecule has 1 N–H and O–H groups in total. The van der Waals surface area contributed by atoms with Crippen molar-refractivity contribution < 1.29 is 22.7 Å². The second-order valence-corrected chi connectivity index (χ2v) is 8.41. The zero-order valence-corrected chi connectivity index (χ0v) is 15.2. The third-order valence-electron chi connectivity index (χ3n) is 4.47. The number of hydrogen-bond donors (Lipinski definition) is 1. The van der Waals surface area contributed by atoms with E-state index in [9.17, 15) is 13.2 Å². The lowest BCUT2D eigenvalue weighted by Gasteiger charge is -2.27. The Kier molecular flexibility index (Phi) is 5.36. The van der Waals surface area contributed by atoms with Crippen LogP contribution in [0.2, 0.25) is 0 Å². The number of carbonyl (C=O) groups is 1. The molecule has 7 nitrogen and oxygen atoms in total. The maximum absolute atomic E-state index is 12.4. The van der Waals surface area contributed by atoms with Gasteiger partial charge in [-0.15, -0.1) is 0 Å². The van der Waals surface area contributed by atoms with Gasteiger partial charge in [0.2, 0.25) is 15.9 Å². The number of rotatable bonds is 5. The molecule has 1 aliphatic heterocycles. The molecular weight excluding hydrogens is 344 g/mol. The fraction of sp³-hybridized carbons (Fsp3) is 0.588. The Balaban J connectivity index is 1.75. The molecule has 1 aliphatic carbocycles. The summed E-state index contributed by atoms with van der Waals surface area (Å²) in [4.78, 5) is 12.4. The number of nitrogens with zero attached hydrogens (tertiary/aromatic N) is 1. The van der Waals surface area contributed by atoms with Crippen LogP contribution in [0.25, 0.3) is 0 Å². The van der Waals surface area contributed by atoms with Crippen LogP contribution in [-0.2, 0) is 14.8 Å². The number of fused-ring (bicyclic) bond motifs is 1. The van der Waals surface area contributed by atoms with Crippen LogP contribution in [0.3, 0.4) is 0 Å². The smallest absolute Gasteiger partial charge is 0.240 e. The quantitative estimate of drug-likeness (QED) is 0.855. The van der Waals surface area contributed by atoms with Gasteiger partial charge in [-0.3, -0.25) is 9.10 Å². The molecule has 1 heterocycles. The molecule has 0 spiro atoms. The van der Waals surface area contributed by atoms with Crippen molar-refractivity contribution in [2.75, 3.05) is 30.3 Å². The standard InChI is InChI=1S/C17H24N2O5S/c1-25(21,22)19(12-17(20)18-13-5-3-2-4-6-13)14-7-8-15-16(11-14)24-10-9-23-15/h7-8,11,13H,2-6,9-10,12H2,1H3,(H,18,20). The fourth-order valence-electron chi connectivity index (χ4n) is 3.24. The summed E-state index contributed by atoms with van der Waals surface area (Å²) in [7, 11) is -3.60. The van der Waals surface area contributed by atoms with Crippen molar-refractivity contribution in [1.82, 2.24) is 5.32 Å². The van der Waals surface area contributed by atoms with E-state index in [1.54, 1.807) is 18.2 Å². The molecular formula is C17H24N2O5S. The van der Waals surface area contributed by atoms with Crippen LogP contribution in [0.15, 0.2) is 18.2 Å². The second-order valence-electron chi connectivity index (χ2n) is 6.50. The predicted molar refractivity (Wildman–Crippen MR) is 94.6 cm³/mol. The van der Waals surface area contributed by atoms with Gasteiger partial charge >= 0.3 is 0 Å². The number of ether oxygens (including phenoxy) is 2. The van der Waals surface area contributed by atoms with Gasteiger partial charge in [0.25, 0.3) is 0 Å². The highest BCUT2D eigenvalue weighted by Gasteiger charge is 2.24. The molecule has 8 heteroatoms. The van der Waals surface area contributed by atoms with Crippen LogP contribution in [0.5, 0.6) is 11.5 Å². The molecule has 1 fully saturated rings. The summed E-state index contributed by atoms with van der Waals surface area (Å²) in [5.41, 5.74) is 0.394. The Morgan fingerprint density at radius 1 is 1.16 bits per heavy atom. The highest BCUT2D eigenvalue weighted by molar-refractivity contribution is 7.92. The van der Waals surface area contributed by atoms with E-state index in [-0.39, 0.29) is 18.5 Å². The van der Waals surface area contributed by atoms with Crippen molar-refractivity contribution in [2.45, 2.75) is 38.1 Å². The van der Waals surface area contributed by atoms with E-state index in [1.807, 2.05) is 0 Å². The third kappa shape index (κ3) is 4.56. The molecule has 138 valence electrons. The molecule has 0 saturated heterocycles. The minimum atomic E-state index is -3.60. The Hall–Kier alpha value is -1.96. The lowest BCUT2D eigenvalue weighted by Crippen LogP contribution is -2.44. The maximum Gasteiger partial charge on any atom is 0.240 e. The van der Waals surface area contributed by atoms with Crippen LogP contribution in [-0.4, -0.2) is 46.4 Å². The van der Waals surface area contributed by atoms with Gasteiger partial charge in [-0.25, -0.2) is 8.42 Å². The summed E-state index contributed by atoms with van der Waals surface area (Å²) in [6.45, 7) is 0.637. The Labute approximate surface area is 148 Å². The van der Waals surface area contributed by atoms with Gasteiger partial charge in [0.05, 0.1) is 11.9 Å². The molecule has 1 aromatic rings. The second kappa shape index (κ2) is 7.51. The maximum atomic E-state index is 12.4. The van der Waals surface area contributed by atoms with Crippen LogP contribution < -0.4 is 19.1 Å². The monoisotopic (exact) mass is 368 g/mol. The van der Waals surface area contributed by atoms with Crippen LogP contribution in [0.4, 0.5) is 5.69 Å². The summed E-state index contributed by atoms with van der Waals surface area (Å²) in [5, 5.41) is 2.95. The van der Waals surface area contributed by atoms with Gasteiger partial charge < -0.3 is 14.8 Å². The topological polar surface area (TPSA) is 84.9 Å². The zero-order valence-electron chi connectivity index (χ0n) is 14.4. The Bertz CT molecular complexity index is 729. The van der Waals surface area contributed by atoms with Crippen LogP contribution in [0.1, 0.15) is 32.1 Å². The Morgan fingerprint density at radius 2 is 1.84 bits per heavy atom. The molecule has 2 aliphatic rings. The summed E-state index contributed by atoms with van der Waals surface area (Å²) in [5.74, 6) is 0.785. The van der Waals surface area contributed by atoms with Gasteiger partial charge in [0.15, 0.2) is 11.5 Å². The predicted octanol–water partition coefficient (Wildman–Crippen LogP) is 1.67. The summed E-state index contributed by atoms with van der Waals surface area (Å²) in [6, 6.07) is 5.04. The van der Waals surface area contributed by atoms with Gasteiger partial charge in [-0.2, -0.15) is 0 Å². The van der Waals surface area contributed by atoms with E-state index in [0.717, 1.165) is 36.2 Å². The highest BCUT2D eigenvalue weighted by atomic mass is 32.2. The third-order valence-corrected chi connectivity index (χ3v) is 5.61. The molecule has 0 aromatic heterocycles. The number of nitrogens with one attached hydrogen (secondary N) is 1. The van der Waals surface area contributed by atoms with Crippen molar-refractivity contribution in [3.05, 3.63) is 18.2 Å². The number of hydrogen-bond acceptors (Lipinski definition) is 5. The Morgan fingerprint density at radius 3 is 2.52 bits per heavy atom. The molecule has 0 atom stereocenters. The van der Waals surface area contributed by atoms with Gasteiger partial charge in [-0.1, -0.05) is 19.3 Å². The molecule has 0 unspecified atom stereocenters. The van der Waals surface area contributed by atoms with Crippen molar-refractivity contribution in [1.29, 1.82) is 0 Å². The van der Waals surface area contributed by atoms with E-state index in [1.165, 1.54) is 6.42 Å². The first kappa shape index (κ1) is 17.8. The average Bonchev–Trinajstić information content (AvgIpc) is 2.59. The number of benzene rings is 1. The molecule has 0 radical (unpaired) electrons. The normalized spacial score (nSPS) is 17.8. The lowest BCUT2D eigenvalue weighted by atomic mass is 9.95. The first-order valence-corrected chi connectivity index (χ1v) is 10.4. The molecule has 1 aromatic carbocycles. The first-order valence-electron chi connectivity index (χ1n) is 8.60. The largest absolute Gasteiger partial charge is 0.486 e. The first-order chi connectivity index (χ1) is 11.9. The highest BCUT2D eigenvalue weighted by Crippen LogP contribution is 2.34. The minimum absolute atomic E-state index is 0.142. The fourth-order valence-corrected chi connectivity index (χ4v) is 4.09. The summed E-state index contributed by atoms with van der Waals surface area (Å²) >= 11 is 0. The van der Waals surface area contributed by atoms with Gasteiger partial charge in [0.1, 0.15) is 19.8 Å². The zero-order chi connectivity index (χ0) is 17.9. The lowest BCUT2D eigenvalue weighted by molar-refractivity contribution is -0.120. The number of carbonyl (C=O) groups excluding carboxylic acids is 1. The molecule has 1 amide bonds. The summed E-state index contributed by atoms with van der Waals surface area (Å²) in [6.07, 6.45) is 6.39. The van der Waals surface area contributed by atoms with Gasteiger partial charge in [0, 0.05) is 12.1 Å². The molecule has 25 heavy (non-hydrogen) atoms.